The molecule has 18 heteroatoms. The highest BCUT2D eigenvalue weighted by Gasteiger charge is 2.46. The van der Waals surface area contributed by atoms with Gasteiger partial charge in [0.05, 0.1) is 16.1 Å². The van der Waals surface area contributed by atoms with E-state index in [2.05, 4.69) is 4.58 Å². The number of hydrogen-bond acceptors (Lipinski definition) is 9. The third-order valence-corrected chi connectivity index (χ3v) is 13.1. The van der Waals surface area contributed by atoms with Crippen LogP contribution < -0.4 is 4.90 Å². The molecule has 1 unspecified atom stereocenters. The second-order valence-electron chi connectivity index (χ2n) is 15.1. The number of carboxylic acids is 2. The molecule has 2 aromatic carbocycles. The molecule has 0 amide bonds. The minimum Gasteiger partial charge on any atom is -0.481 e. The van der Waals surface area contributed by atoms with Crippen molar-refractivity contribution >= 4 is 59.4 Å². The second kappa shape index (κ2) is 18.2. The number of unbranched alkanes of at least 4 members (excludes halogenated alkanes) is 4. The molecule has 4 rings (SSSR count). The Bertz CT molecular complexity index is 2330. The first-order valence-corrected chi connectivity index (χ1v) is 23.1. The molecule has 2 aromatic rings. The first-order valence-electron chi connectivity index (χ1n) is 18.6. The summed E-state index contributed by atoms with van der Waals surface area (Å²) in [5.41, 5.74) is 2.67. The molecule has 2 aliphatic heterocycles. The van der Waals surface area contributed by atoms with Crippen LogP contribution in [0, 0.1) is 0 Å². The molecule has 0 radical (unpaired) electrons. The Morgan fingerprint density at radius 1 is 0.772 bits per heavy atom. The number of benzene rings is 2. The van der Waals surface area contributed by atoms with Crippen molar-refractivity contribution in [2.75, 3.05) is 23.7 Å². The molecule has 15 nitrogen and oxygen atoms in total. The van der Waals surface area contributed by atoms with Gasteiger partial charge >= 0.3 is 22.1 Å². The molecule has 0 spiro atoms. The summed E-state index contributed by atoms with van der Waals surface area (Å²) in [5, 5.41) is 18.2. The van der Waals surface area contributed by atoms with E-state index in [1.54, 1.807) is 24.3 Å². The fourth-order valence-corrected chi connectivity index (χ4v) is 9.20. The summed E-state index contributed by atoms with van der Waals surface area (Å²) >= 11 is 0. The number of nitrogens with zero attached hydrogens (tertiary/aromatic N) is 2. The summed E-state index contributed by atoms with van der Waals surface area (Å²) in [6, 6.07) is 8.80. The minimum absolute atomic E-state index is 0.00668. The number of allylic oxidation sites excluding steroid dienone is 6. The van der Waals surface area contributed by atoms with Crippen LogP contribution in [0.25, 0.3) is 0 Å². The van der Waals surface area contributed by atoms with Gasteiger partial charge in [0.25, 0.3) is 20.2 Å². The van der Waals surface area contributed by atoms with Crippen molar-refractivity contribution in [3.63, 3.8) is 0 Å². The predicted octanol–water partition coefficient (Wildman–Crippen LogP) is 5.46. The van der Waals surface area contributed by atoms with Gasteiger partial charge in [-0.05, 0) is 94.8 Å². The second-order valence-corrected chi connectivity index (χ2v) is 19.5. The molecular formula is C39H52N2O13S3+2. The van der Waals surface area contributed by atoms with Crippen LogP contribution in [0.15, 0.2) is 82.3 Å². The third kappa shape index (κ3) is 11.5. The van der Waals surface area contributed by atoms with Crippen molar-refractivity contribution < 1.29 is 63.3 Å². The van der Waals surface area contributed by atoms with Gasteiger partial charge in [-0.15, -0.1) is 8.42 Å². The molecular weight excluding hydrogens is 801 g/mol. The van der Waals surface area contributed by atoms with Gasteiger partial charge in [-0.3, -0.25) is 18.7 Å². The Kier molecular flexibility index (Phi) is 14.5. The molecule has 312 valence electrons. The summed E-state index contributed by atoms with van der Waals surface area (Å²) in [6.45, 7) is 6.48. The number of aliphatic carboxylic acids is 2. The number of carbonyl (C=O) groups is 2. The average Bonchev–Trinajstić information content (AvgIpc) is 3.45. The number of fused-ring (bicyclic) bond motifs is 2. The molecule has 2 aliphatic rings. The molecule has 0 saturated heterocycles. The number of rotatable bonds is 21. The Morgan fingerprint density at radius 3 is 1.98 bits per heavy atom. The Hall–Kier alpha value is -4.20. The van der Waals surface area contributed by atoms with Crippen LogP contribution in [-0.4, -0.2) is 90.2 Å². The highest BCUT2D eigenvalue weighted by molar-refractivity contribution is 7.86. The molecule has 0 saturated carbocycles. The normalized spacial score (nSPS) is 18.9. The first-order chi connectivity index (χ1) is 26.5. The van der Waals surface area contributed by atoms with Gasteiger partial charge < -0.3 is 19.7 Å². The standard InChI is InChI=1S/C39H50N2O13S3/c1-38(2)30-26-28(56(49,50)51)18-20-32(30)40(23-12-6-10-17-37(44)45)34(38)14-7-4-8-15-35-39(3,22-11-5-9-16-36(42)43)31-27-29(57(52,53)54)19-21-33(31)41(35)24-13-25-55(46,47)48/h4,7-8,14-15,18-21,26-27H,5-6,9-13,16-17,22-25H2,1-3H3,(H4-,42,43,44,45,46,47,48,49,50,51,52,53,54)/p+2. The van der Waals surface area contributed by atoms with E-state index in [1.807, 2.05) is 43.9 Å². The van der Waals surface area contributed by atoms with Gasteiger partial charge in [-0.1, -0.05) is 31.1 Å². The third-order valence-electron chi connectivity index (χ3n) is 10.5. The molecule has 0 bridgehead atoms. The van der Waals surface area contributed by atoms with E-state index in [0.717, 1.165) is 17.0 Å². The van der Waals surface area contributed by atoms with Gasteiger partial charge in [0.1, 0.15) is 11.4 Å². The lowest BCUT2D eigenvalue weighted by atomic mass is 9.77. The lowest BCUT2D eigenvalue weighted by Crippen LogP contribution is -2.30. The van der Waals surface area contributed by atoms with Crippen LogP contribution in [-0.2, 0) is 50.8 Å². The molecule has 0 aromatic heterocycles. The largest absolute Gasteiger partial charge is 0.481 e. The van der Waals surface area contributed by atoms with Crippen molar-refractivity contribution in [1.82, 2.24) is 0 Å². The number of anilines is 1. The SMILES string of the molecule is CC1(C)C(/C=C/C=C/C=C2\N(CCCS(=O)(=O)O)c3ccc(S(=O)(=O)O)cc3C2(C)CCCCCC(=O)O)=[N+](CCCCCC(=O)O)c2ccc(S(=O)(=O)[OH2+])cc21. The summed E-state index contributed by atoms with van der Waals surface area (Å²) < 4.78 is 101. The van der Waals surface area contributed by atoms with Gasteiger partial charge in [-0.25, -0.2) is 0 Å². The maximum atomic E-state index is 12.2. The van der Waals surface area contributed by atoms with Crippen molar-refractivity contribution in [3.8, 4) is 0 Å². The molecule has 0 aliphatic carbocycles. The zero-order valence-corrected chi connectivity index (χ0v) is 34.7. The average molecular weight is 853 g/mol. The van der Waals surface area contributed by atoms with Crippen molar-refractivity contribution in [2.24, 2.45) is 0 Å². The highest BCUT2D eigenvalue weighted by atomic mass is 32.2. The minimum atomic E-state index is -4.58. The van der Waals surface area contributed by atoms with E-state index in [1.165, 1.54) is 24.3 Å². The van der Waals surface area contributed by atoms with Gasteiger partial charge in [0.15, 0.2) is 5.71 Å². The zero-order valence-electron chi connectivity index (χ0n) is 32.2. The van der Waals surface area contributed by atoms with Crippen molar-refractivity contribution in [1.29, 1.82) is 0 Å². The molecule has 2 heterocycles. The van der Waals surface area contributed by atoms with Gasteiger partial charge in [0.2, 0.25) is 5.69 Å². The Labute approximate surface area is 334 Å². The lowest BCUT2D eigenvalue weighted by Gasteiger charge is -2.30. The summed E-state index contributed by atoms with van der Waals surface area (Å²) in [5.74, 6) is -2.30. The van der Waals surface area contributed by atoms with E-state index in [4.69, 9.17) is 14.8 Å². The van der Waals surface area contributed by atoms with Crippen LogP contribution in [0.3, 0.4) is 0 Å². The quantitative estimate of drug-likeness (QED) is 0.0401. The maximum Gasteiger partial charge on any atom is 0.409 e. The molecule has 6 N–H and O–H groups in total. The fourth-order valence-electron chi connectivity index (χ4n) is 7.68. The maximum absolute atomic E-state index is 12.2. The van der Waals surface area contributed by atoms with E-state index in [-0.39, 0.29) is 35.6 Å². The fraction of sp³-hybridized carbons (Fsp3) is 0.462. The van der Waals surface area contributed by atoms with Crippen molar-refractivity contribution in [2.45, 2.75) is 106 Å². The van der Waals surface area contributed by atoms with Crippen molar-refractivity contribution in [3.05, 3.63) is 83.6 Å². The van der Waals surface area contributed by atoms with E-state index >= 15 is 0 Å². The highest BCUT2D eigenvalue weighted by Crippen LogP contribution is 2.51. The molecule has 1 atom stereocenters. The topological polar surface area (TPSA) is 247 Å². The first kappa shape index (κ1) is 45.5. The summed E-state index contributed by atoms with van der Waals surface area (Å²) in [7, 11) is -13.1. The molecule has 0 fully saturated rings. The zero-order chi connectivity index (χ0) is 42.4. The monoisotopic (exact) mass is 852 g/mol. The summed E-state index contributed by atoms with van der Waals surface area (Å²) in [6.07, 6.45) is 13.1. The Balaban J connectivity index is 1.75. The van der Waals surface area contributed by atoms with Crippen LogP contribution in [0.1, 0.15) is 96.1 Å². The van der Waals surface area contributed by atoms with Gasteiger partial charge in [-0.2, -0.15) is 21.4 Å². The van der Waals surface area contributed by atoms with E-state index < -0.39 is 58.9 Å². The smallest absolute Gasteiger partial charge is 0.409 e. The van der Waals surface area contributed by atoms with Crippen LogP contribution in [0.5, 0.6) is 0 Å². The Morgan fingerprint density at radius 2 is 1.39 bits per heavy atom. The van der Waals surface area contributed by atoms with Crippen LogP contribution in [0.2, 0.25) is 0 Å². The van der Waals surface area contributed by atoms with Gasteiger partial charge in [0, 0.05) is 60.3 Å². The van der Waals surface area contributed by atoms with E-state index in [9.17, 15) is 43.9 Å². The van der Waals surface area contributed by atoms with E-state index in [0.29, 0.717) is 68.4 Å². The lowest BCUT2D eigenvalue weighted by molar-refractivity contribution is -0.438. The summed E-state index contributed by atoms with van der Waals surface area (Å²) in [4.78, 5) is 23.6. The number of carboxylic acid groups (broad SMARTS) is 2. The predicted molar refractivity (Wildman–Crippen MR) is 215 cm³/mol. The number of hydrogen-bond donors (Lipinski definition) is 4. The van der Waals surface area contributed by atoms with Crippen LogP contribution in [0.4, 0.5) is 11.4 Å². The van der Waals surface area contributed by atoms with Crippen LogP contribution >= 0.6 is 0 Å². The molecule has 57 heavy (non-hydrogen) atoms.